The lowest BCUT2D eigenvalue weighted by atomic mass is 9.82. The van der Waals surface area contributed by atoms with Crippen molar-refractivity contribution < 1.29 is 46.6 Å². The van der Waals surface area contributed by atoms with Gasteiger partial charge in [0.15, 0.2) is 0 Å². The van der Waals surface area contributed by atoms with Crippen LogP contribution in [-0.4, -0.2) is 114 Å². The first kappa shape index (κ1) is 61.5. The van der Waals surface area contributed by atoms with Crippen LogP contribution >= 0.6 is 22.6 Å². The number of methoxy groups -OCH3 is 2. The van der Waals surface area contributed by atoms with E-state index in [0.29, 0.717) is 149 Å². The SMILES string of the molecule is COc1cncc(B(O)O)c1.[C-]#[N+]c1cc(-c2cncc(OC)c2)c(Nc2c(C)c(-c3ccccn3)nc3cc(F)cc(F)c23)cc1N1CCOCC1.[C-]#[N+]c1cc(I)c(Nc2c(C)c(-c3ccccn3)nc3cc(F)cc(F)c23)cc1N1CCOCC1. The molecule has 0 unspecified atom stereocenters. The molecule has 444 valence electrons. The average Bonchev–Trinajstić information content (AvgIpc) is 1.70. The van der Waals surface area contributed by atoms with Crippen molar-refractivity contribution in [1.82, 2.24) is 29.9 Å². The van der Waals surface area contributed by atoms with Crippen molar-refractivity contribution in [1.29, 1.82) is 0 Å². The largest absolute Gasteiger partial charge is 0.495 e. The third kappa shape index (κ3) is 13.7. The van der Waals surface area contributed by atoms with Gasteiger partial charge in [0.25, 0.3) is 0 Å². The molecule has 24 heteroatoms. The van der Waals surface area contributed by atoms with Gasteiger partial charge in [-0.3, -0.25) is 19.9 Å². The molecular formula is C64H54BF4IN12O6. The number of fused-ring (bicyclic) bond motifs is 2. The van der Waals surface area contributed by atoms with Crippen LogP contribution in [-0.2, 0) is 9.47 Å². The second-order valence-corrected chi connectivity index (χ2v) is 21.1. The van der Waals surface area contributed by atoms with Gasteiger partial charge >= 0.3 is 7.12 Å². The highest BCUT2D eigenvalue weighted by atomic mass is 127. The summed E-state index contributed by atoms with van der Waals surface area (Å²) in [6.45, 7) is 24.1. The number of hydrogen-bond acceptors (Lipinski definition) is 16. The van der Waals surface area contributed by atoms with Crippen LogP contribution in [0, 0.1) is 53.8 Å². The molecule has 0 bridgehead atoms. The molecule has 2 fully saturated rings. The predicted octanol–water partition coefficient (Wildman–Crippen LogP) is 12.5. The first-order valence-electron chi connectivity index (χ1n) is 27.4. The molecule has 0 amide bonds. The Hall–Kier alpha value is -9.57. The summed E-state index contributed by atoms with van der Waals surface area (Å²) in [6, 6.07) is 25.8. The number of anilines is 6. The van der Waals surface area contributed by atoms with Crippen LogP contribution in [0.4, 0.5) is 63.1 Å². The lowest BCUT2D eigenvalue weighted by Gasteiger charge is -2.31. The molecule has 6 aromatic heterocycles. The van der Waals surface area contributed by atoms with Gasteiger partial charge in [0.2, 0.25) is 11.4 Å². The maximum absolute atomic E-state index is 15.5. The van der Waals surface area contributed by atoms with E-state index >= 15 is 8.78 Å². The van der Waals surface area contributed by atoms with Gasteiger partial charge in [-0.1, -0.05) is 12.1 Å². The van der Waals surface area contributed by atoms with Gasteiger partial charge in [-0.2, -0.15) is 0 Å². The number of rotatable bonds is 12. The molecule has 0 radical (unpaired) electrons. The second kappa shape index (κ2) is 27.9. The van der Waals surface area contributed by atoms with Crippen molar-refractivity contribution in [2.24, 2.45) is 0 Å². The summed E-state index contributed by atoms with van der Waals surface area (Å²) in [5.41, 5.74) is 10.3. The van der Waals surface area contributed by atoms with E-state index in [4.69, 9.17) is 42.1 Å². The van der Waals surface area contributed by atoms with Crippen LogP contribution in [0.5, 0.6) is 11.5 Å². The molecule has 18 nitrogen and oxygen atoms in total. The molecule has 8 heterocycles. The van der Waals surface area contributed by atoms with Crippen molar-refractivity contribution in [3.05, 3.63) is 195 Å². The molecule has 0 atom stereocenters. The van der Waals surface area contributed by atoms with Gasteiger partial charge in [-0.25, -0.2) is 37.2 Å². The summed E-state index contributed by atoms with van der Waals surface area (Å²) >= 11 is 2.16. The molecule has 88 heavy (non-hydrogen) atoms. The van der Waals surface area contributed by atoms with E-state index in [1.807, 2.05) is 56.3 Å². The zero-order chi connectivity index (χ0) is 62.0. The Bertz CT molecular complexity index is 4290. The number of benzene rings is 4. The van der Waals surface area contributed by atoms with Gasteiger partial charge < -0.3 is 49.4 Å². The molecule has 0 spiro atoms. The summed E-state index contributed by atoms with van der Waals surface area (Å²) < 4.78 is 81.2. The van der Waals surface area contributed by atoms with Gasteiger partial charge in [-0.05, 0) is 103 Å². The van der Waals surface area contributed by atoms with E-state index < -0.39 is 30.4 Å². The van der Waals surface area contributed by atoms with E-state index in [0.717, 1.165) is 27.1 Å². The molecule has 10 aromatic rings. The molecule has 12 rings (SSSR count). The average molecular weight is 1300 g/mol. The van der Waals surface area contributed by atoms with Crippen molar-refractivity contribution in [3.63, 3.8) is 0 Å². The Labute approximate surface area is 517 Å². The molecule has 0 aliphatic carbocycles. The fourth-order valence-corrected chi connectivity index (χ4v) is 10.7. The lowest BCUT2D eigenvalue weighted by molar-refractivity contribution is 0.122. The van der Waals surface area contributed by atoms with Crippen molar-refractivity contribution in [3.8, 4) is 45.4 Å². The maximum Gasteiger partial charge on any atom is 0.490 e. The van der Waals surface area contributed by atoms with Crippen molar-refractivity contribution in [2.75, 3.05) is 87.3 Å². The van der Waals surface area contributed by atoms with E-state index in [2.05, 4.69) is 82.6 Å². The molecule has 2 aliphatic rings. The van der Waals surface area contributed by atoms with Crippen molar-refractivity contribution in [2.45, 2.75) is 13.8 Å². The van der Waals surface area contributed by atoms with Gasteiger partial charge in [-0.15, -0.1) is 0 Å². The minimum Gasteiger partial charge on any atom is -0.495 e. The van der Waals surface area contributed by atoms with Crippen molar-refractivity contribution >= 4 is 102 Å². The maximum atomic E-state index is 15.5. The monoisotopic (exact) mass is 1300 g/mol. The van der Waals surface area contributed by atoms with Gasteiger partial charge in [0.1, 0.15) is 34.8 Å². The highest BCUT2D eigenvalue weighted by Gasteiger charge is 2.25. The summed E-state index contributed by atoms with van der Waals surface area (Å²) in [6.07, 6.45) is 9.43. The highest BCUT2D eigenvalue weighted by molar-refractivity contribution is 14.1. The number of nitrogens with one attached hydrogen (secondary N) is 2. The Kier molecular flexibility index (Phi) is 19.5. The Morgan fingerprint density at radius 3 is 1.56 bits per heavy atom. The van der Waals surface area contributed by atoms with Gasteiger partial charge in [0, 0.05) is 118 Å². The quantitative estimate of drug-likeness (QED) is 0.0390. The third-order valence-electron chi connectivity index (χ3n) is 14.5. The molecule has 2 saturated heterocycles. The third-order valence-corrected chi connectivity index (χ3v) is 15.4. The number of nitrogens with zero attached hydrogens (tertiary/aromatic N) is 10. The zero-order valence-corrected chi connectivity index (χ0v) is 50.0. The number of morpholine rings is 2. The highest BCUT2D eigenvalue weighted by Crippen LogP contribution is 2.45. The Balaban J connectivity index is 0.000000168. The molecular weight excluding hydrogens is 1250 g/mol. The van der Waals surface area contributed by atoms with E-state index in [1.54, 1.807) is 56.2 Å². The number of ether oxygens (including phenoxy) is 4. The Morgan fingerprint density at radius 2 is 1.08 bits per heavy atom. The summed E-state index contributed by atoms with van der Waals surface area (Å²) in [5, 5.41) is 24.6. The van der Waals surface area contributed by atoms with Crippen LogP contribution < -0.4 is 35.4 Å². The smallest absolute Gasteiger partial charge is 0.490 e. The first-order valence-corrected chi connectivity index (χ1v) is 28.5. The fourth-order valence-electron chi connectivity index (χ4n) is 10.1. The summed E-state index contributed by atoms with van der Waals surface area (Å²) in [5.74, 6) is -1.82. The van der Waals surface area contributed by atoms with Crippen LogP contribution in [0.1, 0.15) is 11.1 Å². The molecule has 2 aliphatic heterocycles. The van der Waals surface area contributed by atoms with E-state index in [9.17, 15) is 8.78 Å². The normalized spacial score (nSPS) is 12.9. The number of halogens is 5. The Morgan fingerprint density at radius 1 is 0.602 bits per heavy atom. The summed E-state index contributed by atoms with van der Waals surface area (Å²) in [7, 11) is 1.56. The molecule has 4 aromatic carbocycles. The lowest BCUT2D eigenvalue weighted by Crippen LogP contribution is -2.36. The number of pyridine rings is 6. The zero-order valence-electron chi connectivity index (χ0n) is 47.8. The minimum atomic E-state index is -1.49. The number of aromatic nitrogens is 6. The predicted molar refractivity (Wildman–Crippen MR) is 340 cm³/mol. The summed E-state index contributed by atoms with van der Waals surface area (Å²) in [4.78, 5) is 37.8. The van der Waals surface area contributed by atoms with Crippen LogP contribution in [0.2, 0.25) is 0 Å². The second-order valence-electron chi connectivity index (χ2n) is 19.9. The standard InChI is InChI=1S/C32H26F2N6O2.C26H20F2IN5O.C6H8BNO3/c1-19-31(25-6-4-5-7-37-25)39-28-14-21(33)13-24(34)30(28)32(19)38-26-16-29(40-8-10-42-11-9-40)27(35-2)15-23(26)20-12-22(41-3)18-36-17-20;1-15-25(19-5-3-4-6-31-19)33-22-12-16(27)11-17(28)24(22)26(15)32-20-14-23(21(30-2)13-18(20)29)34-7-9-35-10-8-34;1-11-6-2-5(7(9)10)3-8-4-6/h4-7,12-18H,8-11H2,1,3H3,(H,38,39);3-6,11-14H,7-10H2,1H3,(H,32,33);2-4,9-10H,1H3. The van der Waals surface area contributed by atoms with Crippen LogP contribution in [0.3, 0.4) is 0 Å². The van der Waals surface area contributed by atoms with Gasteiger partial charge in [0.05, 0.1) is 128 Å². The minimum absolute atomic E-state index is 0.144. The van der Waals surface area contributed by atoms with E-state index in [1.165, 1.54) is 37.7 Å². The fraction of sp³-hybridized carbons (Fsp3) is 0.188. The molecule has 4 N–H and O–H groups in total. The topological polar surface area (TPSA) is 194 Å². The van der Waals surface area contributed by atoms with E-state index in [-0.39, 0.29) is 21.8 Å². The van der Waals surface area contributed by atoms with Crippen LogP contribution in [0.25, 0.3) is 65.4 Å². The number of hydrogen-bond donors (Lipinski definition) is 4. The van der Waals surface area contributed by atoms with Crippen LogP contribution in [0.15, 0.2) is 134 Å². The first-order chi connectivity index (χ1) is 42.7. The molecule has 0 saturated carbocycles.